The number of halogens is 1. The number of aromatic nitrogens is 2. The summed E-state index contributed by atoms with van der Waals surface area (Å²) in [5, 5.41) is 6.31. The van der Waals surface area contributed by atoms with Crippen LogP contribution in [0.15, 0.2) is 36.5 Å². The topological polar surface area (TPSA) is 59.1 Å². The molecule has 0 radical (unpaired) electrons. The fourth-order valence-electron chi connectivity index (χ4n) is 1.99. The summed E-state index contributed by atoms with van der Waals surface area (Å²) in [6, 6.07) is 8.59. The summed E-state index contributed by atoms with van der Waals surface area (Å²) in [6.45, 7) is 2.07. The first-order valence-corrected chi connectivity index (χ1v) is 7.32. The van der Waals surface area contributed by atoms with Gasteiger partial charge in [0.05, 0.1) is 0 Å². The summed E-state index contributed by atoms with van der Waals surface area (Å²) in [4.78, 5) is 8.51. The smallest absolute Gasteiger partial charge is 0.224 e. The zero-order valence-corrected chi connectivity index (χ0v) is 12.7. The molecule has 0 amide bonds. The first kappa shape index (κ1) is 16.2. The summed E-state index contributed by atoms with van der Waals surface area (Å²) in [5.74, 6) is 1.13. The van der Waals surface area contributed by atoms with Crippen molar-refractivity contribution >= 4 is 11.8 Å². The molecule has 0 aliphatic carbocycles. The fraction of sp³-hybridized carbons (Fsp3) is 0.375. The lowest BCUT2D eigenvalue weighted by atomic mass is 10.1. The van der Waals surface area contributed by atoms with Crippen LogP contribution in [0.4, 0.5) is 16.2 Å². The van der Waals surface area contributed by atoms with E-state index < -0.39 is 0 Å². The van der Waals surface area contributed by atoms with Gasteiger partial charge in [0.2, 0.25) is 5.95 Å². The molecule has 22 heavy (non-hydrogen) atoms. The number of hydrogen-bond donors (Lipinski definition) is 2. The van der Waals surface area contributed by atoms with Gasteiger partial charge < -0.3 is 15.4 Å². The van der Waals surface area contributed by atoms with Crippen molar-refractivity contribution in [3.63, 3.8) is 0 Å². The Morgan fingerprint density at radius 1 is 1.14 bits per heavy atom. The lowest BCUT2D eigenvalue weighted by Gasteiger charge is -2.08. The Balaban J connectivity index is 1.79. The number of methoxy groups -OCH3 is 1. The second-order valence-electron chi connectivity index (χ2n) is 4.81. The van der Waals surface area contributed by atoms with E-state index >= 15 is 0 Å². The second-order valence-corrected chi connectivity index (χ2v) is 4.81. The van der Waals surface area contributed by atoms with Crippen LogP contribution in [0.1, 0.15) is 12.0 Å². The third-order valence-electron chi connectivity index (χ3n) is 3.12. The van der Waals surface area contributed by atoms with E-state index in [1.54, 1.807) is 31.5 Å². The van der Waals surface area contributed by atoms with Gasteiger partial charge in [0.1, 0.15) is 11.6 Å². The molecular weight excluding hydrogens is 283 g/mol. The molecule has 0 saturated carbocycles. The molecule has 1 heterocycles. The number of benzene rings is 1. The molecule has 0 saturated heterocycles. The van der Waals surface area contributed by atoms with Crippen molar-refractivity contribution in [2.75, 3.05) is 37.4 Å². The molecule has 2 N–H and O–H groups in total. The van der Waals surface area contributed by atoms with Crippen LogP contribution in [0.2, 0.25) is 0 Å². The van der Waals surface area contributed by atoms with Crippen LogP contribution >= 0.6 is 0 Å². The van der Waals surface area contributed by atoms with Crippen molar-refractivity contribution in [3.05, 3.63) is 47.9 Å². The second kappa shape index (κ2) is 8.94. The molecule has 1 aromatic heterocycles. The van der Waals surface area contributed by atoms with E-state index in [2.05, 4.69) is 20.6 Å². The zero-order chi connectivity index (χ0) is 15.6. The Bertz CT molecular complexity index is 580. The highest BCUT2D eigenvalue weighted by Crippen LogP contribution is 2.09. The van der Waals surface area contributed by atoms with Gasteiger partial charge in [-0.15, -0.1) is 0 Å². The highest BCUT2D eigenvalue weighted by Gasteiger charge is 2.02. The summed E-state index contributed by atoms with van der Waals surface area (Å²) in [5.41, 5.74) is 0.696. The third-order valence-corrected chi connectivity index (χ3v) is 3.12. The van der Waals surface area contributed by atoms with Crippen molar-refractivity contribution in [3.8, 4) is 0 Å². The largest absolute Gasteiger partial charge is 0.385 e. The Morgan fingerprint density at radius 3 is 2.82 bits per heavy atom. The maximum absolute atomic E-state index is 13.5. The summed E-state index contributed by atoms with van der Waals surface area (Å²) < 4.78 is 18.5. The van der Waals surface area contributed by atoms with Crippen LogP contribution in [0, 0.1) is 5.82 Å². The van der Waals surface area contributed by atoms with Gasteiger partial charge in [0.15, 0.2) is 0 Å². The molecule has 118 valence electrons. The number of rotatable bonds is 9. The zero-order valence-electron chi connectivity index (χ0n) is 12.7. The van der Waals surface area contributed by atoms with Gasteiger partial charge in [-0.05, 0) is 30.5 Å². The minimum Gasteiger partial charge on any atom is -0.385 e. The molecule has 0 unspecified atom stereocenters. The number of ether oxygens (including phenoxy) is 1. The molecule has 0 bridgehead atoms. The first-order chi connectivity index (χ1) is 10.8. The molecule has 0 aliphatic heterocycles. The van der Waals surface area contributed by atoms with E-state index in [0.717, 1.165) is 18.8 Å². The van der Waals surface area contributed by atoms with Crippen LogP contribution < -0.4 is 10.6 Å². The van der Waals surface area contributed by atoms with Crippen molar-refractivity contribution in [2.45, 2.75) is 12.8 Å². The Hall–Kier alpha value is -2.21. The maximum atomic E-state index is 13.5. The quantitative estimate of drug-likeness (QED) is 0.698. The molecule has 2 aromatic rings. The monoisotopic (exact) mass is 304 g/mol. The standard InChI is InChI=1S/C16H21FN4O/c1-22-12-4-9-19-16-20-11-8-15(21-16)18-10-7-13-5-2-3-6-14(13)17/h2-3,5-6,8,11H,4,7,9-10,12H2,1H3,(H2,18,19,20,21). The van der Waals surface area contributed by atoms with E-state index in [9.17, 15) is 4.39 Å². The average molecular weight is 304 g/mol. The Morgan fingerprint density at radius 2 is 2.00 bits per heavy atom. The predicted molar refractivity (Wildman–Crippen MR) is 85.6 cm³/mol. The molecule has 2 rings (SSSR count). The summed E-state index contributed by atoms with van der Waals surface area (Å²) in [6.07, 6.45) is 3.19. The van der Waals surface area contributed by atoms with E-state index in [1.807, 2.05) is 6.07 Å². The Kier molecular flexibility index (Phi) is 6.57. The minimum absolute atomic E-state index is 0.174. The van der Waals surface area contributed by atoms with E-state index in [-0.39, 0.29) is 5.82 Å². The molecule has 1 aromatic carbocycles. The molecule has 0 fully saturated rings. The lowest BCUT2D eigenvalue weighted by Crippen LogP contribution is -2.11. The number of anilines is 2. The van der Waals surface area contributed by atoms with Gasteiger partial charge in [-0.3, -0.25) is 0 Å². The van der Waals surface area contributed by atoms with E-state index in [4.69, 9.17) is 4.74 Å². The van der Waals surface area contributed by atoms with Gasteiger partial charge in [0, 0.05) is 33.0 Å². The highest BCUT2D eigenvalue weighted by atomic mass is 19.1. The minimum atomic E-state index is -0.174. The first-order valence-electron chi connectivity index (χ1n) is 7.32. The molecule has 0 spiro atoms. The number of nitrogens with zero attached hydrogens (tertiary/aromatic N) is 2. The van der Waals surface area contributed by atoms with E-state index in [1.165, 1.54) is 6.07 Å². The van der Waals surface area contributed by atoms with Crippen LogP contribution in [0.3, 0.4) is 0 Å². The SMILES string of the molecule is COCCCNc1nccc(NCCc2ccccc2F)n1. The van der Waals surface area contributed by atoms with Crippen molar-refractivity contribution < 1.29 is 9.13 Å². The van der Waals surface area contributed by atoms with Crippen LogP contribution in [-0.4, -0.2) is 36.8 Å². The highest BCUT2D eigenvalue weighted by molar-refractivity contribution is 5.39. The normalized spacial score (nSPS) is 10.5. The van der Waals surface area contributed by atoms with Crippen molar-refractivity contribution in [1.82, 2.24) is 9.97 Å². The maximum Gasteiger partial charge on any atom is 0.224 e. The predicted octanol–water partition coefficient (Wildman–Crippen LogP) is 2.72. The van der Waals surface area contributed by atoms with Gasteiger partial charge in [-0.25, -0.2) is 9.37 Å². The van der Waals surface area contributed by atoms with E-state index in [0.29, 0.717) is 31.1 Å². The van der Waals surface area contributed by atoms with Gasteiger partial charge >= 0.3 is 0 Å². The molecule has 6 heteroatoms. The summed E-state index contributed by atoms with van der Waals surface area (Å²) >= 11 is 0. The van der Waals surface area contributed by atoms with Gasteiger partial charge in [-0.1, -0.05) is 18.2 Å². The van der Waals surface area contributed by atoms with Crippen molar-refractivity contribution in [1.29, 1.82) is 0 Å². The molecule has 0 atom stereocenters. The number of hydrogen-bond acceptors (Lipinski definition) is 5. The molecule has 5 nitrogen and oxygen atoms in total. The fourth-order valence-corrected chi connectivity index (χ4v) is 1.99. The van der Waals surface area contributed by atoms with Gasteiger partial charge in [0.25, 0.3) is 0 Å². The van der Waals surface area contributed by atoms with Crippen molar-refractivity contribution in [2.24, 2.45) is 0 Å². The summed E-state index contributed by atoms with van der Waals surface area (Å²) in [7, 11) is 1.68. The molecule has 0 aliphatic rings. The lowest BCUT2D eigenvalue weighted by molar-refractivity contribution is 0.197. The van der Waals surface area contributed by atoms with Crippen LogP contribution in [0.5, 0.6) is 0 Å². The Labute approximate surface area is 129 Å². The number of nitrogens with one attached hydrogen (secondary N) is 2. The third kappa shape index (κ3) is 5.29. The molecular formula is C16H21FN4O. The average Bonchev–Trinajstić information content (AvgIpc) is 2.54. The van der Waals surface area contributed by atoms with Gasteiger partial charge in [-0.2, -0.15) is 4.98 Å². The van der Waals surface area contributed by atoms with Crippen LogP contribution in [-0.2, 0) is 11.2 Å². The van der Waals surface area contributed by atoms with Crippen LogP contribution in [0.25, 0.3) is 0 Å².